The molecule has 0 aromatic heterocycles. The number of likely N-dealkylation sites (N-methyl/N-ethyl adjacent to an activating group) is 1. The Kier molecular flexibility index (Phi) is 4.57. The molecular formula is C15H15ClF2N2. The van der Waals surface area contributed by atoms with Gasteiger partial charge in [-0.2, -0.15) is 0 Å². The fourth-order valence-electron chi connectivity index (χ4n) is 2.14. The van der Waals surface area contributed by atoms with E-state index in [9.17, 15) is 8.78 Å². The van der Waals surface area contributed by atoms with Gasteiger partial charge < -0.3 is 10.6 Å². The van der Waals surface area contributed by atoms with Gasteiger partial charge in [-0.05, 0) is 29.8 Å². The molecule has 0 spiro atoms. The number of rotatable bonds is 4. The molecule has 0 aliphatic heterocycles. The van der Waals surface area contributed by atoms with Crippen molar-refractivity contribution < 1.29 is 8.78 Å². The van der Waals surface area contributed by atoms with Crippen LogP contribution in [0.15, 0.2) is 42.5 Å². The molecule has 20 heavy (non-hydrogen) atoms. The fourth-order valence-corrected chi connectivity index (χ4v) is 2.33. The summed E-state index contributed by atoms with van der Waals surface area (Å²) in [6.07, 6.45) is 0. The van der Waals surface area contributed by atoms with Crippen LogP contribution in [0.4, 0.5) is 14.5 Å². The SMILES string of the molecule is CN(c1ccccc1F)C(CN)c1ccc(F)c(Cl)c1. The van der Waals surface area contributed by atoms with Crippen molar-refractivity contribution in [3.8, 4) is 0 Å². The molecule has 0 bridgehead atoms. The summed E-state index contributed by atoms with van der Waals surface area (Å²) in [6, 6.07) is 10.6. The number of nitrogens with zero attached hydrogens (tertiary/aromatic N) is 1. The molecule has 0 heterocycles. The van der Waals surface area contributed by atoms with Crippen molar-refractivity contribution >= 4 is 17.3 Å². The number of hydrogen-bond acceptors (Lipinski definition) is 2. The van der Waals surface area contributed by atoms with E-state index in [-0.39, 0.29) is 23.4 Å². The highest BCUT2D eigenvalue weighted by atomic mass is 35.5. The molecule has 2 aromatic rings. The van der Waals surface area contributed by atoms with Gasteiger partial charge in [0.05, 0.1) is 16.8 Å². The maximum atomic E-state index is 13.8. The van der Waals surface area contributed by atoms with Crippen LogP contribution in [0.3, 0.4) is 0 Å². The molecule has 0 aliphatic carbocycles. The van der Waals surface area contributed by atoms with E-state index in [0.717, 1.165) is 5.56 Å². The molecule has 0 amide bonds. The molecule has 2 N–H and O–H groups in total. The lowest BCUT2D eigenvalue weighted by atomic mass is 10.0. The van der Waals surface area contributed by atoms with E-state index >= 15 is 0 Å². The zero-order valence-corrected chi connectivity index (χ0v) is 11.7. The Morgan fingerprint density at radius 2 is 1.85 bits per heavy atom. The first-order valence-electron chi connectivity index (χ1n) is 6.17. The summed E-state index contributed by atoms with van der Waals surface area (Å²) in [6.45, 7) is 0.257. The van der Waals surface area contributed by atoms with Gasteiger partial charge in [-0.3, -0.25) is 0 Å². The molecule has 0 fully saturated rings. The first-order valence-corrected chi connectivity index (χ1v) is 6.54. The Morgan fingerprint density at radius 1 is 1.15 bits per heavy atom. The Labute approximate surface area is 121 Å². The number of halogens is 3. The standard InChI is InChI=1S/C15H15ClF2N2/c1-20(14-5-3-2-4-13(14)18)15(9-19)10-6-7-12(17)11(16)8-10/h2-8,15H,9,19H2,1H3. The first-order chi connectivity index (χ1) is 9.54. The molecule has 0 saturated carbocycles. The van der Waals surface area contributed by atoms with Crippen molar-refractivity contribution in [2.75, 3.05) is 18.5 Å². The number of para-hydroxylation sites is 1. The Balaban J connectivity index is 2.36. The lowest BCUT2D eigenvalue weighted by Gasteiger charge is -2.30. The van der Waals surface area contributed by atoms with Crippen molar-refractivity contribution in [2.45, 2.75) is 6.04 Å². The summed E-state index contributed by atoms with van der Waals surface area (Å²) in [5, 5.41) is 0.0304. The number of nitrogens with two attached hydrogens (primary N) is 1. The van der Waals surface area contributed by atoms with E-state index in [1.807, 2.05) is 0 Å². The minimum absolute atomic E-state index is 0.0304. The maximum Gasteiger partial charge on any atom is 0.146 e. The maximum absolute atomic E-state index is 13.8. The summed E-state index contributed by atoms with van der Waals surface area (Å²) in [7, 11) is 1.74. The van der Waals surface area contributed by atoms with E-state index in [4.69, 9.17) is 17.3 Å². The van der Waals surface area contributed by atoms with Crippen LogP contribution in [0.5, 0.6) is 0 Å². The first kappa shape index (κ1) is 14.8. The van der Waals surface area contributed by atoms with Crippen LogP contribution in [-0.2, 0) is 0 Å². The molecule has 2 rings (SSSR count). The normalized spacial score (nSPS) is 12.2. The van der Waals surface area contributed by atoms with Gasteiger partial charge in [0.15, 0.2) is 0 Å². The van der Waals surface area contributed by atoms with Gasteiger partial charge in [-0.15, -0.1) is 0 Å². The van der Waals surface area contributed by atoms with Gasteiger partial charge in [0.2, 0.25) is 0 Å². The topological polar surface area (TPSA) is 29.3 Å². The average Bonchev–Trinajstić information content (AvgIpc) is 2.44. The van der Waals surface area contributed by atoms with Crippen LogP contribution < -0.4 is 10.6 Å². The van der Waals surface area contributed by atoms with E-state index in [0.29, 0.717) is 5.69 Å². The molecule has 0 aliphatic rings. The zero-order chi connectivity index (χ0) is 14.7. The Hall–Kier alpha value is -1.65. The summed E-state index contributed by atoms with van der Waals surface area (Å²) >= 11 is 5.79. The van der Waals surface area contributed by atoms with Crippen molar-refractivity contribution in [2.24, 2.45) is 5.73 Å². The number of benzene rings is 2. The van der Waals surface area contributed by atoms with Crippen molar-refractivity contribution in [1.82, 2.24) is 0 Å². The molecule has 1 atom stereocenters. The minimum Gasteiger partial charge on any atom is -0.364 e. The molecule has 0 saturated heterocycles. The summed E-state index contributed by atoms with van der Waals surface area (Å²) < 4.78 is 27.0. The molecule has 0 radical (unpaired) electrons. The lowest BCUT2D eigenvalue weighted by Crippen LogP contribution is -2.31. The third-order valence-corrected chi connectivity index (χ3v) is 3.54. The van der Waals surface area contributed by atoms with Gasteiger partial charge in [-0.25, -0.2) is 8.78 Å². The highest BCUT2D eigenvalue weighted by Crippen LogP contribution is 2.29. The van der Waals surface area contributed by atoms with Gasteiger partial charge in [-0.1, -0.05) is 29.8 Å². The second kappa shape index (κ2) is 6.20. The lowest BCUT2D eigenvalue weighted by molar-refractivity contribution is 0.600. The molecular weight excluding hydrogens is 282 g/mol. The van der Waals surface area contributed by atoms with E-state index in [1.54, 1.807) is 36.2 Å². The molecule has 2 nitrogen and oxygen atoms in total. The van der Waals surface area contributed by atoms with Crippen LogP contribution in [0.1, 0.15) is 11.6 Å². The van der Waals surface area contributed by atoms with Crippen LogP contribution >= 0.6 is 11.6 Å². The van der Waals surface area contributed by atoms with E-state index < -0.39 is 5.82 Å². The van der Waals surface area contributed by atoms with Gasteiger partial charge in [0.25, 0.3) is 0 Å². The minimum atomic E-state index is -0.486. The molecule has 5 heteroatoms. The third-order valence-electron chi connectivity index (χ3n) is 3.25. The van der Waals surface area contributed by atoms with Crippen LogP contribution in [0, 0.1) is 11.6 Å². The quantitative estimate of drug-likeness (QED) is 0.931. The second-order valence-corrected chi connectivity index (χ2v) is 4.89. The highest BCUT2D eigenvalue weighted by molar-refractivity contribution is 6.30. The van der Waals surface area contributed by atoms with Gasteiger partial charge in [0, 0.05) is 13.6 Å². The average molecular weight is 297 g/mol. The highest BCUT2D eigenvalue weighted by Gasteiger charge is 2.19. The van der Waals surface area contributed by atoms with Crippen LogP contribution in [0.25, 0.3) is 0 Å². The Bertz CT molecular complexity index is 604. The van der Waals surface area contributed by atoms with Crippen LogP contribution in [-0.4, -0.2) is 13.6 Å². The van der Waals surface area contributed by atoms with E-state index in [1.165, 1.54) is 18.2 Å². The summed E-state index contributed by atoms with van der Waals surface area (Å²) in [5.41, 5.74) is 6.95. The number of hydrogen-bond donors (Lipinski definition) is 1. The smallest absolute Gasteiger partial charge is 0.146 e. The monoisotopic (exact) mass is 296 g/mol. The second-order valence-electron chi connectivity index (χ2n) is 4.49. The fraction of sp³-hybridized carbons (Fsp3) is 0.200. The van der Waals surface area contributed by atoms with Crippen molar-refractivity contribution in [3.05, 3.63) is 64.7 Å². The number of anilines is 1. The summed E-state index contributed by atoms with van der Waals surface area (Å²) in [4.78, 5) is 1.72. The van der Waals surface area contributed by atoms with E-state index in [2.05, 4.69) is 0 Å². The summed E-state index contributed by atoms with van der Waals surface area (Å²) in [5.74, 6) is -0.818. The predicted molar refractivity (Wildman–Crippen MR) is 78.0 cm³/mol. The molecule has 2 aromatic carbocycles. The predicted octanol–water partition coefficient (Wildman–Crippen LogP) is 3.75. The molecule has 1 unspecified atom stereocenters. The third kappa shape index (κ3) is 2.92. The largest absolute Gasteiger partial charge is 0.364 e. The zero-order valence-electron chi connectivity index (χ0n) is 11.0. The van der Waals surface area contributed by atoms with Gasteiger partial charge in [0.1, 0.15) is 11.6 Å². The van der Waals surface area contributed by atoms with Gasteiger partial charge >= 0.3 is 0 Å². The van der Waals surface area contributed by atoms with Crippen LogP contribution in [0.2, 0.25) is 5.02 Å². The van der Waals surface area contributed by atoms with Crippen molar-refractivity contribution in [3.63, 3.8) is 0 Å². The Morgan fingerprint density at radius 3 is 2.45 bits per heavy atom. The van der Waals surface area contributed by atoms with Crippen molar-refractivity contribution in [1.29, 1.82) is 0 Å². The molecule has 106 valence electrons.